The molecular weight excluding hydrogens is 268 g/mol. The summed E-state index contributed by atoms with van der Waals surface area (Å²) in [5, 5.41) is 5.84. The fourth-order valence-electron chi connectivity index (χ4n) is 1.98. The molecule has 110 valence electrons. The number of para-hydroxylation sites is 1. The Kier molecular flexibility index (Phi) is 4.66. The first-order chi connectivity index (χ1) is 10.2. The van der Waals surface area contributed by atoms with Crippen molar-refractivity contribution in [3.05, 3.63) is 48.0 Å². The summed E-state index contributed by atoms with van der Waals surface area (Å²) in [6, 6.07) is 12.5. The third kappa shape index (κ3) is 3.45. The second kappa shape index (κ2) is 6.65. The minimum absolute atomic E-state index is 0.199. The zero-order chi connectivity index (χ0) is 15.2. The molecule has 0 saturated heterocycles. The Labute approximate surface area is 123 Å². The molecule has 2 aromatic carbocycles. The smallest absolute Gasteiger partial charge is 0.257 e. The van der Waals surface area contributed by atoms with Gasteiger partial charge in [0, 0.05) is 36.6 Å². The highest BCUT2D eigenvalue weighted by Gasteiger charge is 2.11. The average Bonchev–Trinajstić information content (AvgIpc) is 2.54. The summed E-state index contributed by atoms with van der Waals surface area (Å²) in [5.41, 5.74) is 1.95. The van der Waals surface area contributed by atoms with E-state index in [1.165, 1.54) is 0 Å². The molecule has 0 bridgehead atoms. The first-order valence-corrected chi connectivity index (χ1v) is 6.49. The number of carbonyl (C=O) groups is 1. The van der Waals surface area contributed by atoms with E-state index in [4.69, 9.17) is 9.47 Å². The van der Waals surface area contributed by atoms with Gasteiger partial charge in [0.05, 0.1) is 19.8 Å². The Morgan fingerprint density at radius 2 is 1.62 bits per heavy atom. The van der Waals surface area contributed by atoms with Crippen molar-refractivity contribution >= 4 is 17.3 Å². The first kappa shape index (κ1) is 14.7. The third-order valence-corrected chi connectivity index (χ3v) is 3.05. The van der Waals surface area contributed by atoms with Crippen LogP contribution < -0.4 is 20.1 Å². The number of methoxy groups -OCH3 is 2. The third-order valence-electron chi connectivity index (χ3n) is 3.05. The molecule has 0 heterocycles. The fraction of sp³-hybridized carbons (Fsp3) is 0.188. The number of nitrogens with one attached hydrogen (secondary N) is 2. The highest BCUT2D eigenvalue weighted by Crippen LogP contribution is 2.26. The summed E-state index contributed by atoms with van der Waals surface area (Å²) in [6.45, 7) is 0. The van der Waals surface area contributed by atoms with E-state index in [2.05, 4.69) is 10.6 Å². The van der Waals surface area contributed by atoms with Crippen LogP contribution in [0.1, 0.15) is 10.4 Å². The lowest BCUT2D eigenvalue weighted by molar-refractivity contribution is 0.102. The zero-order valence-corrected chi connectivity index (χ0v) is 12.3. The minimum Gasteiger partial charge on any atom is -0.497 e. The minimum atomic E-state index is -0.199. The number of amides is 1. The fourth-order valence-corrected chi connectivity index (χ4v) is 1.98. The largest absolute Gasteiger partial charge is 0.497 e. The number of rotatable bonds is 5. The first-order valence-electron chi connectivity index (χ1n) is 6.49. The lowest BCUT2D eigenvalue weighted by Crippen LogP contribution is -2.14. The van der Waals surface area contributed by atoms with Crippen molar-refractivity contribution < 1.29 is 14.3 Å². The van der Waals surface area contributed by atoms with Gasteiger partial charge in [0.1, 0.15) is 11.5 Å². The molecule has 0 spiro atoms. The van der Waals surface area contributed by atoms with Gasteiger partial charge in [-0.2, -0.15) is 0 Å². The molecule has 0 radical (unpaired) electrons. The van der Waals surface area contributed by atoms with Crippen molar-refractivity contribution in [1.82, 2.24) is 0 Å². The maximum Gasteiger partial charge on any atom is 0.257 e. The van der Waals surface area contributed by atoms with Crippen LogP contribution in [0, 0.1) is 0 Å². The van der Waals surface area contributed by atoms with Crippen molar-refractivity contribution in [1.29, 1.82) is 0 Å². The number of carbonyl (C=O) groups excluding carboxylic acids is 1. The molecule has 2 N–H and O–H groups in total. The van der Waals surface area contributed by atoms with Crippen LogP contribution in [-0.4, -0.2) is 27.2 Å². The van der Waals surface area contributed by atoms with Gasteiger partial charge in [-0.3, -0.25) is 4.79 Å². The molecule has 0 aromatic heterocycles. The van der Waals surface area contributed by atoms with Gasteiger partial charge in [-0.25, -0.2) is 0 Å². The Morgan fingerprint density at radius 3 is 2.19 bits per heavy atom. The Morgan fingerprint density at radius 1 is 1.00 bits per heavy atom. The van der Waals surface area contributed by atoms with E-state index >= 15 is 0 Å². The van der Waals surface area contributed by atoms with E-state index in [0.29, 0.717) is 22.7 Å². The maximum absolute atomic E-state index is 12.4. The van der Waals surface area contributed by atoms with Gasteiger partial charge < -0.3 is 20.1 Å². The molecule has 0 aliphatic rings. The highest BCUT2D eigenvalue weighted by molar-refractivity contribution is 6.08. The van der Waals surface area contributed by atoms with Gasteiger partial charge in [0.15, 0.2) is 0 Å². The summed E-state index contributed by atoms with van der Waals surface area (Å²) in [7, 11) is 4.91. The van der Waals surface area contributed by atoms with Gasteiger partial charge in [-0.1, -0.05) is 12.1 Å². The molecule has 2 rings (SSSR count). The Hall–Kier alpha value is -2.69. The van der Waals surface area contributed by atoms with Crippen LogP contribution in [-0.2, 0) is 0 Å². The quantitative estimate of drug-likeness (QED) is 0.887. The number of hydrogen-bond acceptors (Lipinski definition) is 4. The van der Waals surface area contributed by atoms with Crippen LogP contribution in [0.3, 0.4) is 0 Å². The molecule has 0 aliphatic heterocycles. The van der Waals surface area contributed by atoms with Crippen LogP contribution in [0.5, 0.6) is 11.5 Å². The molecule has 1 amide bonds. The maximum atomic E-state index is 12.4. The second-order valence-corrected chi connectivity index (χ2v) is 4.35. The van der Waals surface area contributed by atoms with Gasteiger partial charge in [-0.15, -0.1) is 0 Å². The summed E-state index contributed by atoms with van der Waals surface area (Å²) in [6.07, 6.45) is 0. The molecule has 5 heteroatoms. The zero-order valence-electron chi connectivity index (χ0n) is 12.3. The van der Waals surface area contributed by atoms with E-state index in [-0.39, 0.29) is 5.91 Å². The van der Waals surface area contributed by atoms with Crippen molar-refractivity contribution in [2.24, 2.45) is 0 Å². The van der Waals surface area contributed by atoms with Crippen LogP contribution in [0.2, 0.25) is 0 Å². The Bertz CT molecular complexity index is 619. The second-order valence-electron chi connectivity index (χ2n) is 4.35. The number of benzene rings is 2. The molecule has 0 saturated carbocycles. The monoisotopic (exact) mass is 286 g/mol. The van der Waals surface area contributed by atoms with Gasteiger partial charge in [0.25, 0.3) is 5.91 Å². The lowest BCUT2D eigenvalue weighted by Gasteiger charge is -2.12. The predicted molar refractivity (Wildman–Crippen MR) is 83.5 cm³/mol. The van der Waals surface area contributed by atoms with Crippen LogP contribution in [0.4, 0.5) is 11.4 Å². The molecular formula is C16H18N2O3. The summed E-state index contributed by atoms with van der Waals surface area (Å²) < 4.78 is 10.4. The summed E-state index contributed by atoms with van der Waals surface area (Å²) in [5.74, 6) is 1.04. The molecule has 2 aromatic rings. The van der Waals surface area contributed by atoms with Crippen molar-refractivity contribution in [3.8, 4) is 11.5 Å². The molecule has 0 unspecified atom stereocenters. The van der Waals surface area contributed by atoms with Crippen molar-refractivity contribution in [2.45, 2.75) is 0 Å². The average molecular weight is 286 g/mol. The Balaban J connectivity index is 2.27. The van der Waals surface area contributed by atoms with Crippen molar-refractivity contribution in [2.75, 3.05) is 31.9 Å². The summed E-state index contributed by atoms with van der Waals surface area (Å²) >= 11 is 0. The van der Waals surface area contributed by atoms with Crippen LogP contribution in [0.25, 0.3) is 0 Å². The van der Waals surface area contributed by atoms with E-state index in [1.54, 1.807) is 45.5 Å². The van der Waals surface area contributed by atoms with Crippen LogP contribution >= 0.6 is 0 Å². The van der Waals surface area contributed by atoms with Gasteiger partial charge in [0.2, 0.25) is 0 Å². The molecule has 5 nitrogen and oxygen atoms in total. The highest BCUT2D eigenvalue weighted by atomic mass is 16.5. The lowest BCUT2D eigenvalue weighted by atomic mass is 10.1. The van der Waals surface area contributed by atoms with Crippen LogP contribution in [0.15, 0.2) is 42.5 Å². The topological polar surface area (TPSA) is 59.6 Å². The van der Waals surface area contributed by atoms with E-state index in [0.717, 1.165) is 5.69 Å². The number of hydrogen-bond donors (Lipinski definition) is 2. The van der Waals surface area contributed by atoms with E-state index in [1.807, 2.05) is 18.2 Å². The van der Waals surface area contributed by atoms with Gasteiger partial charge >= 0.3 is 0 Å². The predicted octanol–water partition coefficient (Wildman–Crippen LogP) is 3.00. The SMILES string of the molecule is CNc1ccccc1C(=O)Nc1cc(OC)cc(OC)c1. The van der Waals surface area contributed by atoms with Gasteiger partial charge in [-0.05, 0) is 12.1 Å². The molecule has 0 atom stereocenters. The molecule has 21 heavy (non-hydrogen) atoms. The number of ether oxygens (including phenoxy) is 2. The molecule has 0 aliphatic carbocycles. The summed E-state index contributed by atoms with van der Waals surface area (Å²) in [4.78, 5) is 12.4. The molecule has 0 fully saturated rings. The standard InChI is InChI=1S/C16H18N2O3/c1-17-15-7-5-4-6-14(15)16(19)18-11-8-12(20-2)10-13(9-11)21-3/h4-10,17H,1-3H3,(H,18,19). The van der Waals surface area contributed by atoms with E-state index in [9.17, 15) is 4.79 Å². The van der Waals surface area contributed by atoms with Crippen molar-refractivity contribution in [3.63, 3.8) is 0 Å². The normalized spacial score (nSPS) is 9.86. The van der Waals surface area contributed by atoms with E-state index < -0.39 is 0 Å². The number of anilines is 2.